The van der Waals surface area contributed by atoms with Crippen LogP contribution in [0.4, 0.5) is 4.79 Å². The Hall–Kier alpha value is -4.02. The Morgan fingerprint density at radius 1 is 0.955 bits per heavy atom. The summed E-state index contributed by atoms with van der Waals surface area (Å²) in [7, 11) is -4.33. The molecule has 0 spiro atoms. The number of pyridine rings is 1. The van der Waals surface area contributed by atoms with Gasteiger partial charge >= 0.3 is 6.09 Å². The van der Waals surface area contributed by atoms with Crippen LogP contribution in [0.3, 0.4) is 0 Å². The summed E-state index contributed by atoms with van der Waals surface area (Å²) in [6, 6.07) is 13.4. The number of carbonyl (C=O) groups excluding carboxylic acids is 1. The minimum atomic E-state index is -4.33. The Bertz CT molecular complexity index is 1970. The van der Waals surface area contributed by atoms with Gasteiger partial charge < -0.3 is 14.0 Å². The zero-order valence-corrected chi connectivity index (χ0v) is 27.8. The lowest BCUT2D eigenvalue weighted by Crippen LogP contribution is -2.30. The van der Waals surface area contributed by atoms with Gasteiger partial charge in [0.05, 0.1) is 17.0 Å². The Kier molecular flexibility index (Phi) is 9.37. The van der Waals surface area contributed by atoms with Crippen molar-refractivity contribution in [2.24, 2.45) is 0 Å². The van der Waals surface area contributed by atoms with Crippen LogP contribution in [0.25, 0.3) is 27.3 Å². The molecule has 0 bridgehead atoms. The maximum absolute atomic E-state index is 13.4. The molecular formula is C34H41N3O6S. The van der Waals surface area contributed by atoms with E-state index < -0.39 is 21.8 Å². The molecule has 2 aromatic carbocycles. The molecule has 9 nitrogen and oxygen atoms in total. The zero-order chi connectivity index (χ0) is 32.6. The van der Waals surface area contributed by atoms with Crippen LogP contribution in [0.5, 0.6) is 5.75 Å². The topological polar surface area (TPSA) is 115 Å². The number of fused-ring (bicyclic) bond motifs is 5. The Morgan fingerprint density at radius 3 is 2.20 bits per heavy atom. The van der Waals surface area contributed by atoms with Crippen LogP contribution < -0.4 is 9.25 Å². The van der Waals surface area contributed by atoms with Crippen molar-refractivity contribution < 1.29 is 31.8 Å². The number of aryl methyl sites for hydroxylation is 5. The number of hydrogen-bond acceptors (Lipinski definition) is 7. The first-order valence-corrected chi connectivity index (χ1v) is 16.1. The summed E-state index contributed by atoms with van der Waals surface area (Å²) >= 11 is 0. The van der Waals surface area contributed by atoms with Crippen LogP contribution in [-0.2, 0) is 14.9 Å². The van der Waals surface area contributed by atoms with Crippen LogP contribution in [0, 0.1) is 34.6 Å². The summed E-state index contributed by atoms with van der Waals surface area (Å²) in [6.07, 6.45) is 3.58. The van der Waals surface area contributed by atoms with Crippen LogP contribution >= 0.6 is 0 Å². The van der Waals surface area contributed by atoms with Crippen LogP contribution in [0.1, 0.15) is 68.5 Å². The molecule has 44 heavy (non-hydrogen) atoms. The fraction of sp³-hybridized carbons (Fsp3) is 0.382. The van der Waals surface area contributed by atoms with Gasteiger partial charge in [0.2, 0.25) is 6.20 Å². The van der Waals surface area contributed by atoms with Crippen LogP contribution in [-0.4, -0.2) is 40.9 Å². The van der Waals surface area contributed by atoms with Crippen molar-refractivity contribution in [3.05, 3.63) is 76.6 Å². The van der Waals surface area contributed by atoms with Gasteiger partial charge in [-0.2, -0.15) is 0 Å². The largest absolute Gasteiger partial charge is 0.744 e. The van der Waals surface area contributed by atoms with Crippen LogP contribution in [0.2, 0.25) is 0 Å². The van der Waals surface area contributed by atoms with E-state index in [1.54, 1.807) is 30.5 Å². The van der Waals surface area contributed by atoms with Crippen molar-refractivity contribution in [3.63, 3.8) is 0 Å². The van der Waals surface area contributed by atoms with Gasteiger partial charge in [-0.3, -0.25) is 0 Å². The van der Waals surface area contributed by atoms with Gasteiger partial charge in [-0.05, 0) is 90.6 Å². The first-order valence-electron chi connectivity index (χ1n) is 14.7. The minimum Gasteiger partial charge on any atom is -0.744 e. The molecule has 3 aromatic heterocycles. The molecule has 0 amide bonds. The Balaban J connectivity index is 0.000000285. The van der Waals surface area contributed by atoms with Gasteiger partial charge in [0, 0.05) is 34.1 Å². The lowest BCUT2D eigenvalue weighted by Gasteiger charge is -2.20. The quantitative estimate of drug-likeness (QED) is 0.118. The standard InChI is InChI=1S/C25H30N3O3.C9H12O3S/c1-7-8-13-30-18-9-10-19-20-11-12-27-22(14-16(2)17(3)26-27)23(20)28(21(19)15-18)24(29)31-25(4,5)6;1-6-4-7(2)9(8(3)5-6)13(10,11)12/h9-12,14-15H,7-8,13H2,1-6H3;4-5H,1-3H3,(H,10,11,12)/q+1;/p-1. The smallest absolute Gasteiger partial charge is 0.419 e. The average molecular weight is 620 g/mol. The van der Waals surface area contributed by atoms with E-state index in [1.165, 1.54) is 0 Å². The van der Waals surface area contributed by atoms with Crippen LogP contribution in [0.15, 0.2) is 53.6 Å². The SMILES string of the molecule is CCCCOc1ccc2c3cc[n+]4nc(C)c(C)cc4c3n(C(=O)OC(C)(C)C)c2c1.Cc1cc(C)c(S(=O)(=O)[O-])c(C)c1. The molecule has 3 heterocycles. The van der Waals surface area contributed by atoms with Crippen molar-refractivity contribution in [1.82, 2.24) is 9.67 Å². The number of aromatic nitrogens is 3. The van der Waals surface area contributed by atoms with E-state index in [0.29, 0.717) is 17.7 Å². The molecule has 0 aliphatic rings. The highest BCUT2D eigenvalue weighted by molar-refractivity contribution is 7.85. The third kappa shape index (κ3) is 7.03. The average Bonchev–Trinajstić information content (AvgIpc) is 3.22. The molecule has 0 saturated heterocycles. The van der Waals surface area contributed by atoms with Crippen molar-refractivity contribution >= 4 is 43.5 Å². The number of carbonyl (C=O) groups is 1. The summed E-state index contributed by atoms with van der Waals surface area (Å²) in [5.41, 5.74) is 5.81. The van der Waals surface area contributed by atoms with Crippen molar-refractivity contribution in [2.75, 3.05) is 6.61 Å². The van der Waals surface area contributed by atoms with E-state index in [2.05, 4.69) is 18.1 Å². The molecule has 0 radical (unpaired) electrons. The summed E-state index contributed by atoms with van der Waals surface area (Å²) in [5.74, 6) is 0.746. The van der Waals surface area contributed by atoms with E-state index in [1.807, 2.05) is 76.5 Å². The highest BCUT2D eigenvalue weighted by Crippen LogP contribution is 2.34. The Morgan fingerprint density at radius 2 is 1.61 bits per heavy atom. The van der Waals surface area contributed by atoms with Crippen molar-refractivity contribution in [3.8, 4) is 5.75 Å². The van der Waals surface area contributed by atoms with Gasteiger partial charge in [-0.15, -0.1) is 0 Å². The summed E-state index contributed by atoms with van der Waals surface area (Å²) in [6.45, 7) is 17.5. The van der Waals surface area contributed by atoms with E-state index in [9.17, 15) is 17.8 Å². The molecule has 10 heteroatoms. The van der Waals surface area contributed by atoms with Crippen molar-refractivity contribution in [1.29, 1.82) is 0 Å². The number of ether oxygens (including phenoxy) is 2. The highest BCUT2D eigenvalue weighted by Gasteiger charge is 2.27. The zero-order valence-electron chi connectivity index (χ0n) is 26.9. The second-order valence-corrected chi connectivity index (χ2v) is 13.5. The summed E-state index contributed by atoms with van der Waals surface area (Å²) < 4.78 is 47.7. The molecule has 0 unspecified atom stereocenters. The fourth-order valence-corrected chi connectivity index (χ4v) is 6.21. The molecule has 0 fully saturated rings. The number of benzene rings is 2. The molecule has 0 atom stereocenters. The fourth-order valence-electron chi connectivity index (χ4n) is 5.30. The highest BCUT2D eigenvalue weighted by atomic mass is 32.2. The van der Waals surface area contributed by atoms with Gasteiger partial charge in [0.15, 0.2) is 0 Å². The molecular weight excluding hydrogens is 578 g/mol. The lowest BCUT2D eigenvalue weighted by atomic mass is 10.1. The van der Waals surface area contributed by atoms with Gasteiger partial charge in [0.25, 0.3) is 5.52 Å². The molecule has 0 N–H and O–H groups in total. The third-order valence-corrected chi connectivity index (χ3v) is 8.37. The predicted octanol–water partition coefficient (Wildman–Crippen LogP) is 7.02. The molecule has 0 saturated carbocycles. The normalized spacial score (nSPS) is 12.0. The van der Waals surface area contributed by atoms with E-state index >= 15 is 0 Å². The number of rotatable bonds is 5. The van der Waals surface area contributed by atoms with E-state index in [0.717, 1.165) is 62.7 Å². The minimum absolute atomic E-state index is 0.0851. The second kappa shape index (κ2) is 12.5. The molecule has 0 aliphatic carbocycles. The van der Waals surface area contributed by atoms with Gasteiger partial charge in [-0.1, -0.05) is 35.6 Å². The van der Waals surface area contributed by atoms with E-state index in [-0.39, 0.29) is 4.90 Å². The van der Waals surface area contributed by atoms with Gasteiger partial charge in [0.1, 0.15) is 32.7 Å². The van der Waals surface area contributed by atoms with E-state index in [4.69, 9.17) is 9.47 Å². The third-order valence-electron chi connectivity index (χ3n) is 7.23. The monoisotopic (exact) mass is 619 g/mol. The first kappa shape index (κ1) is 32.9. The lowest BCUT2D eigenvalue weighted by molar-refractivity contribution is -0.580. The second-order valence-electron chi connectivity index (χ2n) is 12.2. The maximum atomic E-state index is 13.4. The Labute approximate surface area is 259 Å². The first-order chi connectivity index (χ1) is 20.5. The molecule has 234 valence electrons. The molecule has 5 rings (SSSR count). The number of nitrogens with zero attached hydrogens (tertiary/aromatic N) is 3. The number of hydrogen-bond donors (Lipinski definition) is 0. The summed E-state index contributed by atoms with van der Waals surface area (Å²) in [5, 5.41) is 6.62. The molecule has 0 aliphatic heterocycles. The molecule has 5 aromatic rings. The number of unbranched alkanes of at least 4 members (excludes halogenated alkanes) is 1. The van der Waals surface area contributed by atoms with Gasteiger partial charge in [-0.25, -0.2) is 17.8 Å². The van der Waals surface area contributed by atoms with Crippen molar-refractivity contribution in [2.45, 2.75) is 85.7 Å². The predicted molar refractivity (Wildman–Crippen MR) is 171 cm³/mol. The maximum Gasteiger partial charge on any atom is 0.419 e. The summed E-state index contributed by atoms with van der Waals surface area (Å²) in [4.78, 5) is 13.3.